The zero-order valence-electron chi connectivity index (χ0n) is 11.3. The quantitative estimate of drug-likeness (QED) is 0.654. The Balaban J connectivity index is 2.50. The van der Waals surface area contributed by atoms with Crippen molar-refractivity contribution in [3.63, 3.8) is 0 Å². The Morgan fingerprint density at radius 1 is 1.30 bits per heavy atom. The van der Waals surface area contributed by atoms with Crippen molar-refractivity contribution in [2.75, 3.05) is 4.72 Å². The van der Waals surface area contributed by atoms with Crippen molar-refractivity contribution in [3.05, 3.63) is 53.1 Å². The van der Waals surface area contributed by atoms with Gasteiger partial charge in [-0.05, 0) is 23.8 Å². The van der Waals surface area contributed by atoms with Gasteiger partial charge >= 0.3 is 0 Å². The second-order valence-electron chi connectivity index (χ2n) is 4.26. The van der Waals surface area contributed by atoms with Gasteiger partial charge in [0.05, 0.1) is 17.3 Å². The van der Waals surface area contributed by atoms with Gasteiger partial charge in [0.25, 0.3) is 0 Å². The van der Waals surface area contributed by atoms with E-state index in [1.807, 2.05) is 6.07 Å². The number of alkyl halides is 1. The third-order valence-electron chi connectivity index (χ3n) is 2.78. The molecule has 0 aliphatic heterocycles. The Labute approximate surface area is 137 Å². The van der Waals surface area contributed by atoms with Crippen LogP contribution in [-0.4, -0.2) is 8.76 Å². The maximum absolute atomic E-state index is 13.7. The lowest BCUT2D eigenvalue weighted by atomic mass is 10.1. The van der Waals surface area contributed by atoms with E-state index in [4.69, 9.17) is 21.6 Å². The van der Waals surface area contributed by atoms with Crippen LogP contribution in [0.25, 0.3) is 0 Å². The predicted molar refractivity (Wildman–Crippen MR) is 79.7 cm³/mol. The fraction of sp³-hybridized carbons (Fsp3) is 0.0714. The molecule has 0 amide bonds. The average molecular weight is 358 g/mol. The van der Waals surface area contributed by atoms with Crippen LogP contribution in [0.4, 0.5) is 14.5 Å². The van der Waals surface area contributed by atoms with Gasteiger partial charge in [-0.15, -0.1) is 11.6 Å². The lowest BCUT2D eigenvalue weighted by Gasteiger charge is -2.16. The normalized spacial score (nSPS) is 11.6. The van der Waals surface area contributed by atoms with Crippen LogP contribution in [0.2, 0.25) is 0 Å². The zero-order valence-corrected chi connectivity index (χ0v) is 12.9. The number of ether oxygens (including phenoxy) is 1. The summed E-state index contributed by atoms with van der Waals surface area (Å²) in [5.41, 5.74) is 0.477. The van der Waals surface area contributed by atoms with Crippen molar-refractivity contribution >= 4 is 28.6 Å². The molecule has 0 saturated carbocycles. The lowest BCUT2D eigenvalue weighted by Crippen LogP contribution is -2.05. The first-order valence-electron chi connectivity index (χ1n) is 6.06. The Kier molecular flexibility index (Phi) is 5.50. The summed E-state index contributed by atoms with van der Waals surface area (Å²) in [5.74, 6) is -2.24. The Bertz CT molecular complexity index is 811. The van der Waals surface area contributed by atoms with Crippen LogP contribution in [0.15, 0.2) is 30.3 Å². The van der Waals surface area contributed by atoms with E-state index >= 15 is 0 Å². The summed E-state index contributed by atoms with van der Waals surface area (Å²) in [5, 5.41) is 9.07. The number of hydrogen-bond donors (Lipinski definition) is 1. The number of rotatable bonds is 5. The highest BCUT2D eigenvalue weighted by atomic mass is 35.5. The molecule has 2 aromatic rings. The number of nitrogens with one attached hydrogen (secondary N) is 1. The molecule has 0 saturated heterocycles. The lowest BCUT2D eigenvalue weighted by molar-refractivity contribution is 0.439. The standard InChI is InChI=1S/C14H9ClF2N2O3S/c15-6-8-3-12(19-23(20)21)14(4-9(8)7-18)22-13-2-1-10(16)5-11(13)17/h1-5,19H,6H2,(H,20,21)/p-1. The predicted octanol–water partition coefficient (Wildman–Crippen LogP) is 3.57. The summed E-state index contributed by atoms with van der Waals surface area (Å²) in [6.45, 7) is 0. The zero-order chi connectivity index (χ0) is 17.0. The minimum atomic E-state index is -2.67. The van der Waals surface area contributed by atoms with E-state index in [0.717, 1.165) is 12.1 Å². The Morgan fingerprint density at radius 3 is 2.61 bits per heavy atom. The molecule has 0 aliphatic carbocycles. The molecular weight excluding hydrogens is 350 g/mol. The monoisotopic (exact) mass is 357 g/mol. The van der Waals surface area contributed by atoms with Crippen LogP contribution in [0.5, 0.6) is 11.5 Å². The molecule has 0 aromatic heterocycles. The summed E-state index contributed by atoms with van der Waals surface area (Å²) in [7, 11) is 0. The number of hydrogen-bond acceptors (Lipinski definition) is 4. The van der Waals surface area contributed by atoms with Crippen molar-refractivity contribution in [1.82, 2.24) is 0 Å². The van der Waals surface area contributed by atoms with Crippen molar-refractivity contribution in [2.45, 2.75) is 5.88 Å². The van der Waals surface area contributed by atoms with E-state index in [-0.39, 0.29) is 28.6 Å². The van der Waals surface area contributed by atoms with E-state index in [0.29, 0.717) is 11.6 Å². The minimum absolute atomic E-state index is 0.0308. The van der Waals surface area contributed by atoms with Gasteiger partial charge in [-0.3, -0.25) is 4.21 Å². The van der Waals surface area contributed by atoms with Gasteiger partial charge in [0, 0.05) is 29.3 Å². The number of nitrogens with zero attached hydrogens (tertiary/aromatic N) is 1. The molecule has 0 radical (unpaired) electrons. The van der Waals surface area contributed by atoms with Gasteiger partial charge in [0.1, 0.15) is 5.82 Å². The molecule has 1 N–H and O–H groups in total. The fourth-order valence-electron chi connectivity index (χ4n) is 1.77. The van der Waals surface area contributed by atoms with Crippen LogP contribution < -0.4 is 9.46 Å². The van der Waals surface area contributed by atoms with Gasteiger partial charge in [-0.1, -0.05) is 0 Å². The summed E-state index contributed by atoms with van der Waals surface area (Å²) >= 11 is 3.03. The van der Waals surface area contributed by atoms with Crippen LogP contribution in [-0.2, 0) is 17.1 Å². The van der Waals surface area contributed by atoms with Gasteiger partial charge in [-0.2, -0.15) is 5.26 Å². The molecule has 5 nitrogen and oxygen atoms in total. The maximum atomic E-state index is 13.7. The van der Waals surface area contributed by atoms with Gasteiger partial charge in [-0.25, -0.2) is 8.78 Å². The second-order valence-corrected chi connectivity index (χ2v) is 5.21. The molecular formula is C14H8ClF2N2O3S-. The Hall–Kier alpha value is -2.21. The third-order valence-corrected chi connectivity index (χ3v) is 3.45. The molecule has 0 bridgehead atoms. The minimum Gasteiger partial charge on any atom is -0.755 e. The molecule has 0 spiro atoms. The largest absolute Gasteiger partial charge is 0.755 e. The van der Waals surface area contributed by atoms with Gasteiger partial charge in [0.2, 0.25) is 0 Å². The molecule has 0 heterocycles. The maximum Gasteiger partial charge on any atom is 0.168 e. The summed E-state index contributed by atoms with van der Waals surface area (Å²) in [6.07, 6.45) is 0. The van der Waals surface area contributed by atoms with E-state index in [9.17, 15) is 17.5 Å². The van der Waals surface area contributed by atoms with E-state index in [1.165, 1.54) is 12.1 Å². The molecule has 2 aromatic carbocycles. The first kappa shape index (κ1) is 17.1. The molecule has 2 rings (SSSR count). The van der Waals surface area contributed by atoms with Gasteiger partial charge in [0.15, 0.2) is 17.3 Å². The van der Waals surface area contributed by atoms with Crippen molar-refractivity contribution in [2.24, 2.45) is 0 Å². The molecule has 1 unspecified atom stereocenters. The molecule has 23 heavy (non-hydrogen) atoms. The summed E-state index contributed by atoms with van der Waals surface area (Å²) in [6, 6.07) is 7.04. The molecule has 0 aliphatic rings. The van der Waals surface area contributed by atoms with Crippen LogP contribution in [0.1, 0.15) is 11.1 Å². The van der Waals surface area contributed by atoms with Crippen LogP contribution >= 0.6 is 11.6 Å². The fourth-order valence-corrected chi connectivity index (χ4v) is 2.33. The molecule has 0 fully saturated rings. The average Bonchev–Trinajstić information content (AvgIpc) is 2.50. The second kappa shape index (κ2) is 7.37. The number of anilines is 1. The highest BCUT2D eigenvalue weighted by Gasteiger charge is 2.14. The first-order chi connectivity index (χ1) is 10.9. The molecule has 9 heteroatoms. The number of halogens is 3. The van der Waals surface area contributed by atoms with Crippen LogP contribution in [0.3, 0.4) is 0 Å². The topological polar surface area (TPSA) is 85.2 Å². The van der Waals surface area contributed by atoms with Crippen molar-refractivity contribution in [1.29, 1.82) is 5.26 Å². The molecule has 120 valence electrons. The smallest absolute Gasteiger partial charge is 0.168 e. The van der Waals surface area contributed by atoms with E-state index in [1.54, 1.807) is 0 Å². The third kappa shape index (κ3) is 4.16. The first-order valence-corrected chi connectivity index (χ1v) is 7.67. The highest BCUT2D eigenvalue weighted by Crippen LogP contribution is 2.34. The Morgan fingerprint density at radius 2 is 2.04 bits per heavy atom. The van der Waals surface area contributed by atoms with Gasteiger partial charge < -0.3 is 14.0 Å². The SMILES string of the molecule is N#Cc1cc(Oc2ccc(F)cc2F)c(NS(=O)[O-])cc1CCl. The van der Waals surface area contributed by atoms with Crippen LogP contribution in [0, 0.1) is 23.0 Å². The summed E-state index contributed by atoms with van der Waals surface area (Å²) < 4.78 is 55.6. The summed E-state index contributed by atoms with van der Waals surface area (Å²) in [4.78, 5) is 0. The number of nitriles is 1. The van der Waals surface area contributed by atoms with Crippen molar-refractivity contribution in [3.8, 4) is 17.6 Å². The highest BCUT2D eigenvalue weighted by molar-refractivity contribution is 7.80. The molecule has 1 atom stereocenters. The van der Waals surface area contributed by atoms with E-state index in [2.05, 4.69) is 4.72 Å². The number of benzene rings is 2. The van der Waals surface area contributed by atoms with Crippen molar-refractivity contribution < 1.29 is 22.3 Å². The van der Waals surface area contributed by atoms with E-state index < -0.39 is 22.9 Å².